The molecule has 1 aliphatic rings. The lowest BCUT2D eigenvalue weighted by atomic mass is 10.3. The summed E-state index contributed by atoms with van der Waals surface area (Å²) < 4.78 is 3.79. The second kappa shape index (κ2) is 8.05. The van der Waals surface area contributed by atoms with Crippen molar-refractivity contribution in [2.24, 2.45) is 0 Å². The minimum Gasteiger partial charge on any atom is -0.341 e. The Balaban J connectivity index is 1.46. The summed E-state index contributed by atoms with van der Waals surface area (Å²) in [6, 6.07) is 2.08. The predicted molar refractivity (Wildman–Crippen MR) is 89.0 cm³/mol. The van der Waals surface area contributed by atoms with Crippen LogP contribution in [0.3, 0.4) is 0 Å². The first-order valence-electron chi connectivity index (χ1n) is 8.59. The van der Waals surface area contributed by atoms with Crippen molar-refractivity contribution < 1.29 is 4.79 Å². The monoisotopic (exact) mass is 331 g/mol. The predicted octanol–water partition coefficient (Wildman–Crippen LogP) is 0.619. The number of carbonyl (C=O) groups is 1. The van der Waals surface area contributed by atoms with Crippen LogP contribution in [0.1, 0.15) is 25.5 Å². The molecule has 8 heteroatoms. The summed E-state index contributed by atoms with van der Waals surface area (Å²) in [6.45, 7) is 8.01. The maximum Gasteiger partial charge on any atom is 0.224 e. The lowest BCUT2D eigenvalue weighted by Gasteiger charge is -2.21. The summed E-state index contributed by atoms with van der Waals surface area (Å²) in [5.41, 5.74) is 1.10. The van der Waals surface area contributed by atoms with Crippen molar-refractivity contribution in [1.29, 1.82) is 0 Å². The first kappa shape index (κ1) is 16.6. The van der Waals surface area contributed by atoms with E-state index in [1.165, 1.54) is 0 Å². The van der Waals surface area contributed by atoms with E-state index in [-0.39, 0.29) is 5.91 Å². The minimum atomic E-state index is 0.209. The van der Waals surface area contributed by atoms with Gasteiger partial charge in [-0.1, -0.05) is 0 Å². The normalized spacial score (nSPS) is 16.3. The second-order valence-corrected chi connectivity index (χ2v) is 6.12. The molecule has 1 aliphatic heterocycles. The van der Waals surface area contributed by atoms with E-state index in [0.717, 1.165) is 51.4 Å². The molecule has 130 valence electrons. The number of amides is 1. The molecule has 3 rings (SSSR count). The van der Waals surface area contributed by atoms with Crippen molar-refractivity contribution in [2.75, 3.05) is 26.2 Å². The van der Waals surface area contributed by atoms with Gasteiger partial charge in [-0.3, -0.25) is 14.4 Å². The molecule has 0 radical (unpaired) electrons. The van der Waals surface area contributed by atoms with Gasteiger partial charge in [0.1, 0.15) is 12.7 Å². The highest BCUT2D eigenvalue weighted by Gasteiger charge is 2.19. The second-order valence-electron chi connectivity index (χ2n) is 6.12. The SMILES string of the molecule is CCn1ccc(CN2CCCN(C(=O)CCn3cnnc3)CC2)n1. The Hall–Kier alpha value is -2.22. The zero-order valence-electron chi connectivity index (χ0n) is 14.2. The largest absolute Gasteiger partial charge is 0.341 e. The van der Waals surface area contributed by atoms with E-state index in [9.17, 15) is 4.79 Å². The van der Waals surface area contributed by atoms with Gasteiger partial charge < -0.3 is 9.47 Å². The highest BCUT2D eigenvalue weighted by atomic mass is 16.2. The van der Waals surface area contributed by atoms with E-state index < -0.39 is 0 Å². The third kappa shape index (κ3) is 4.41. The highest BCUT2D eigenvalue weighted by molar-refractivity contribution is 5.76. The summed E-state index contributed by atoms with van der Waals surface area (Å²) in [5.74, 6) is 0.209. The summed E-state index contributed by atoms with van der Waals surface area (Å²) in [4.78, 5) is 16.8. The molecule has 24 heavy (non-hydrogen) atoms. The molecule has 1 fully saturated rings. The number of carbonyl (C=O) groups excluding carboxylic acids is 1. The number of nitrogens with zero attached hydrogens (tertiary/aromatic N) is 7. The van der Waals surface area contributed by atoms with Crippen LogP contribution in [0, 0.1) is 0 Å². The average molecular weight is 331 g/mol. The van der Waals surface area contributed by atoms with Crippen LogP contribution in [0.4, 0.5) is 0 Å². The van der Waals surface area contributed by atoms with Crippen LogP contribution in [-0.4, -0.2) is 66.4 Å². The maximum absolute atomic E-state index is 12.4. The van der Waals surface area contributed by atoms with E-state index in [1.54, 1.807) is 12.7 Å². The fraction of sp³-hybridized carbons (Fsp3) is 0.625. The lowest BCUT2D eigenvalue weighted by Crippen LogP contribution is -2.35. The van der Waals surface area contributed by atoms with Gasteiger partial charge in [-0.15, -0.1) is 10.2 Å². The molecule has 0 aromatic carbocycles. The molecule has 0 atom stereocenters. The first-order chi connectivity index (χ1) is 11.7. The van der Waals surface area contributed by atoms with Crippen molar-refractivity contribution in [2.45, 2.75) is 39.4 Å². The van der Waals surface area contributed by atoms with Gasteiger partial charge in [0.15, 0.2) is 0 Å². The summed E-state index contributed by atoms with van der Waals surface area (Å²) in [5, 5.41) is 12.1. The average Bonchev–Trinajstić information content (AvgIpc) is 3.21. The number of aryl methyl sites for hydroxylation is 2. The molecule has 2 aromatic rings. The Morgan fingerprint density at radius 2 is 2.00 bits per heavy atom. The first-order valence-corrected chi connectivity index (χ1v) is 8.59. The quantitative estimate of drug-likeness (QED) is 0.776. The van der Waals surface area contributed by atoms with Crippen LogP contribution in [0.25, 0.3) is 0 Å². The maximum atomic E-state index is 12.4. The molecule has 3 heterocycles. The molecule has 0 N–H and O–H groups in total. The molecular weight excluding hydrogens is 306 g/mol. The number of hydrogen-bond donors (Lipinski definition) is 0. The smallest absolute Gasteiger partial charge is 0.224 e. The summed E-state index contributed by atoms with van der Waals surface area (Å²) in [6.07, 6.45) is 6.82. The van der Waals surface area contributed by atoms with E-state index in [2.05, 4.69) is 33.2 Å². The van der Waals surface area contributed by atoms with Gasteiger partial charge in [-0.2, -0.15) is 5.10 Å². The summed E-state index contributed by atoms with van der Waals surface area (Å²) >= 11 is 0. The van der Waals surface area contributed by atoms with E-state index in [4.69, 9.17) is 0 Å². The molecule has 2 aromatic heterocycles. The van der Waals surface area contributed by atoms with Gasteiger partial charge in [-0.05, 0) is 19.4 Å². The molecule has 0 spiro atoms. The Morgan fingerprint density at radius 3 is 2.75 bits per heavy atom. The number of rotatable bonds is 6. The standard InChI is InChI=1S/C16H25N7O/c1-2-23-9-4-15(19-23)12-20-6-3-7-22(11-10-20)16(24)5-8-21-13-17-18-14-21/h4,9,13-14H,2-3,5-8,10-12H2,1H3. The van der Waals surface area contributed by atoms with Crippen molar-refractivity contribution >= 4 is 5.91 Å². The van der Waals surface area contributed by atoms with Crippen LogP contribution in [0.5, 0.6) is 0 Å². The van der Waals surface area contributed by atoms with Crippen molar-refractivity contribution in [3.05, 3.63) is 30.6 Å². The van der Waals surface area contributed by atoms with Gasteiger partial charge in [0.25, 0.3) is 0 Å². The Morgan fingerprint density at radius 1 is 1.17 bits per heavy atom. The van der Waals surface area contributed by atoms with Gasteiger partial charge in [-0.25, -0.2) is 0 Å². The number of aromatic nitrogens is 5. The molecule has 8 nitrogen and oxygen atoms in total. The molecule has 0 aliphatic carbocycles. The van der Waals surface area contributed by atoms with Crippen LogP contribution < -0.4 is 0 Å². The van der Waals surface area contributed by atoms with E-state index in [0.29, 0.717) is 13.0 Å². The van der Waals surface area contributed by atoms with Crippen molar-refractivity contribution in [3.63, 3.8) is 0 Å². The molecule has 1 saturated heterocycles. The van der Waals surface area contributed by atoms with Gasteiger partial charge in [0, 0.05) is 58.4 Å². The third-order valence-electron chi connectivity index (χ3n) is 4.40. The Labute approximate surface area is 142 Å². The third-order valence-corrected chi connectivity index (χ3v) is 4.40. The van der Waals surface area contributed by atoms with Gasteiger partial charge >= 0.3 is 0 Å². The topological polar surface area (TPSA) is 72.1 Å². The van der Waals surface area contributed by atoms with E-state index >= 15 is 0 Å². The molecule has 0 bridgehead atoms. The molecular formula is C16H25N7O. The van der Waals surface area contributed by atoms with Crippen LogP contribution in [0.15, 0.2) is 24.9 Å². The highest BCUT2D eigenvalue weighted by Crippen LogP contribution is 2.09. The zero-order chi connectivity index (χ0) is 16.8. The van der Waals surface area contributed by atoms with Crippen LogP contribution in [-0.2, 0) is 24.4 Å². The van der Waals surface area contributed by atoms with Gasteiger partial charge in [0.2, 0.25) is 5.91 Å². The van der Waals surface area contributed by atoms with Crippen LogP contribution in [0.2, 0.25) is 0 Å². The molecule has 0 saturated carbocycles. The Kier molecular flexibility index (Phi) is 5.58. The zero-order valence-corrected chi connectivity index (χ0v) is 14.2. The van der Waals surface area contributed by atoms with Crippen molar-refractivity contribution in [3.8, 4) is 0 Å². The Bertz CT molecular complexity index is 637. The number of hydrogen-bond acceptors (Lipinski definition) is 5. The minimum absolute atomic E-state index is 0.209. The summed E-state index contributed by atoms with van der Waals surface area (Å²) in [7, 11) is 0. The molecule has 1 amide bonds. The fourth-order valence-corrected chi connectivity index (χ4v) is 2.99. The fourth-order valence-electron chi connectivity index (χ4n) is 2.99. The van der Waals surface area contributed by atoms with Crippen molar-refractivity contribution in [1.82, 2.24) is 34.3 Å². The molecule has 0 unspecified atom stereocenters. The lowest BCUT2D eigenvalue weighted by molar-refractivity contribution is -0.131. The van der Waals surface area contributed by atoms with E-state index in [1.807, 2.05) is 20.3 Å². The van der Waals surface area contributed by atoms with Crippen LogP contribution >= 0.6 is 0 Å². The van der Waals surface area contributed by atoms with Gasteiger partial charge in [0.05, 0.1) is 5.69 Å².